The number of halogens is 1. The number of aliphatic hydroxyl groups is 1. The van der Waals surface area contributed by atoms with Crippen LogP contribution >= 0.6 is 12.4 Å². The van der Waals surface area contributed by atoms with Crippen molar-refractivity contribution in [1.82, 2.24) is 10.6 Å². The van der Waals surface area contributed by atoms with Crippen molar-refractivity contribution in [3.05, 3.63) is 35.4 Å². The van der Waals surface area contributed by atoms with Crippen LogP contribution in [0.5, 0.6) is 0 Å². The number of carbonyl (C=O) groups excluding carboxylic acids is 1. The molecule has 20 heavy (non-hydrogen) atoms. The van der Waals surface area contributed by atoms with E-state index in [4.69, 9.17) is 5.11 Å². The van der Waals surface area contributed by atoms with E-state index in [-0.39, 0.29) is 30.8 Å². The Bertz CT molecular complexity index is 440. The van der Waals surface area contributed by atoms with Crippen molar-refractivity contribution >= 4 is 18.3 Å². The van der Waals surface area contributed by atoms with Crippen LogP contribution in [0.25, 0.3) is 0 Å². The summed E-state index contributed by atoms with van der Waals surface area (Å²) in [5, 5.41) is 15.4. The highest BCUT2D eigenvalue weighted by molar-refractivity contribution is 5.85. The summed E-state index contributed by atoms with van der Waals surface area (Å²) in [4.78, 5) is 12.1. The molecule has 2 atom stereocenters. The topological polar surface area (TPSA) is 61.4 Å². The van der Waals surface area contributed by atoms with Gasteiger partial charge >= 0.3 is 0 Å². The predicted molar refractivity (Wildman–Crippen MR) is 81.6 cm³/mol. The van der Waals surface area contributed by atoms with Crippen molar-refractivity contribution in [1.29, 1.82) is 0 Å². The first-order valence-corrected chi connectivity index (χ1v) is 6.89. The third kappa shape index (κ3) is 4.78. The van der Waals surface area contributed by atoms with E-state index in [0.717, 1.165) is 30.5 Å². The highest BCUT2D eigenvalue weighted by atomic mass is 35.5. The maximum absolute atomic E-state index is 12.1. The van der Waals surface area contributed by atoms with Crippen molar-refractivity contribution in [3.63, 3.8) is 0 Å². The molecule has 1 fully saturated rings. The summed E-state index contributed by atoms with van der Waals surface area (Å²) in [6.07, 6.45) is 1.81. The number of carbonyl (C=O) groups is 1. The van der Waals surface area contributed by atoms with Gasteiger partial charge in [0.1, 0.15) is 0 Å². The van der Waals surface area contributed by atoms with Gasteiger partial charge in [0.05, 0.1) is 6.61 Å². The number of rotatable bonds is 4. The van der Waals surface area contributed by atoms with Crippen molar-refractivity contribution in [2.24, 2.45) is 5.92 Å². The van der Waals surface area contributed by atoms with Crippen molar-refractivity contribution in [3.8, 4) is 0 Å². The van der Waals surface area contributed by atoms with E-state index in [0.29, 0.717) is 12.6 Å². The van der Waals surface area contributed by atoms with Crippen LogP contribution in [0, 0.1) is 5.92 Å². The molecule has 0 saturated carbocycles. The maximum atomic E-state index is 12.1. The van der Waals surface area contributed by atoms with Gasteiger partial charge in [0.2, 0.25) is 5.91 Å². The first-order chi connectivity index (χ1) is 9.19. The zero-order chi connectivity index (χ0) is 13.7. The Morgan fingerprint density at radius 2 is 2.20 bits per heavy atom. The average molecular weight is 299 g/mol. The number of aliphatic hydroxyl groups excluding tert-OH is 1. The Kier molecular flexibility index (Phi) is 6.99. The van der Waals surface area contributed by atoms with Crippen LogP contribution in [0.4, 0.5) is 0 Å². The normalized spacial score (nSPS) is 21.9. The van der Waals surface area contributed by atoms with Gasteiger partial charge in [0.25, 0.3) is 0 Å². The molecule has 0 bridgehead atoms. The predicted octanol–water partition coefficient (Wildman–Crippen LogP) is 1.60. The number of benzene rings is 1. The number of amides is 1. The molecule has 112 valence electrons. The molecule has 3 N–H and O–H groups in total. The van der Waals surface area contributed by atoms with Crippen molar-refractivity contribution in [2.45, 2.75) is 39.0 Å². The summed E-state index contributed by atoms with van der Waals surface area (Å²) in [7, 11) is 0. The lowest BCUT2D eigenvalue weighted by Gasteiger charge is -2.27. The minimum atomic E-state index is 0. The molecule has 0 radical (unpaired) electrons. The summed E-state index contributed by atoms with van der Waals surface area (Å²) >= 11 is 0. The highest BCUT2D eigenvalue weighted by Gasteiger charge is 2.24. The second-order valence-corrected chi connectivity index (χ2v) is 5.27. The molecule has 1 aromatic carbocycles. The molecule has 1 saturated heterocycles. The quantitative estimate of drug-likeness (QED) is 0.791. The van der Waals surface area contributed by atoms with E-state index in [1.54, 1.807) is 0 Å². The van der Waals surface area contributed by atoms with Crippen LogP contribution < -0.4 is 10.6 Å². The fourth-order valence-corrected chi connectivity index (χ4v) is 2.54. The summed E-state index contributed by atoms with van der Waals surface area (Å²) < 4.78 is 0. The number of hydrogen-bond donors (Lipinski definition) is 3. The average Bonchev–Trinajstić information content (AvgIpc) is 2.45. The molecule has 0 aromatic heterocycles. The van der Waals surface area contributed by atoms with Crippen molar-refractivity contribution in [2.75, 3.05) is 6.54 Å². The van der Waals surface area contributed by atoms with Crippen molar-refractivity contribution < 1.29 is 9.90 Å². The van der Waals surface area contributed by atoms with Crippen LogP contribution in [0.1, 0.15) is 30.9 Å². The van der Waals surface area contributed by atoms with Gasteiger partial charge in [0.15, 0.2) is 0 Å². The van der Waals surface area contributed by atoms with Gasteiger partial charge < -0.3 is 15.7 Å². The molecule has 1 aliphatic heterocycles. The molecule has 4 nitrogen and oxygen atoms in total. The fraction of sp³-hybridized carbons (Fsp3) is 0.533. The zero-order valence-electron chi connectivity index (χ0n) is 11.8. The Hall–Kier alpha value is -1.10. The van der Waals surface area contributed by atoms with Gasteiger partial charge in [-0.15, -0.1) is 12.4 Å². The lowest BCUT2D eigenvalue weighted by atomic mass is 9.92. The summed E-state index contributed by atoms with van der Waals surface area (Å²) in [6, 6.07) is 8.08. The van der Waals surface area contributed by atoms with E-state index >= 15 is 0 Å². The number of hydrogen-bond acceptors (Lipinski definition) is 3. The lowest BCUT2D eigenvalue weighted by Crippen LogP contribution is -2.42. The molecule has 0 spiro atoms. The zero-order valence-corrected chi connectivity index (χ0v) is 12.6. The highest BCUT2D eigenvalue weighted by Crippen LogP contribution is 2.16. The van der Waals surface area contributed by atoms with E-state index in [9.17, 15) is 4.79 Å². The minimum Gasteiger partial charge on any atom is -0.392 e. The van der Waals surface area contributed by atoms with E-state index in [1.807, 2.05) is 24.3 Å². The van der Waals surface area contributed by atoms with E-state index in [2.05, 4.69) is 17.6 Å². The molecule has 1 amide bonds. The fourth-order valence-electron chi connectivity index (χ4n) is 2.54. The van der Waals surface area contributed by atoms with Crippen LogP contribution in [-0.4, -0.2) is 23.6 Å². The van der Waals surface area contributed by atoms with Gasteiger partial charge in [-0.1, -0.05) is 24.3 Å². The molecule has 5 heteroatoms. The Morgan fingerprint density at radius 1 is 1.45 bits per heavy atom. The molecule has 1 aromatic rings. The maximum Gasteiger partial charge on any atom is 0.223 e. The smallest absolute Gasteiger partial charge is 0.223 e. The second-order valence-electron chi connectivity index (χ2n) is 5.27. The summed E-state index contributed by atoms with van der Waals surface area (Å²) in [5.41, 5.74) is 1.91. The monoisotopic (exact) mass is 298 g/mol. The van der Waals surface area contributed by atoms with E-state index in [1.165, 1.54) is 0 Å². The Balaban J connectivity index is 0.00000200. The summed E-state index contributed by atoms with van der Waals surface area (Å²) in [6.45, 7) is 3.60. The first kappa shape index (κ1) is 17.0. The van der Waals surface area contributed by atoms with Crippen LogP contribution in [0.2, 0.25) is 0 Å². The van der Waals surface area contributed by atoms with Gasteiger partial charge in [-0.2, -0.15) is 0 Å². The SMILES string of the molecule is C[C@H]1C[C@@H](C(=O)NCc2cccc(CO)c2)CCN1.Cl. The minimum absolute atomic E-state index is 0. The standard InChI is InChI=1S/C15H22N2O2.ClH/c1-11-7-14(5-6-16-11)15(19)17-9-12-3-2-4-13(8-12)10-18;/h2-4,8,11,14,16,18H,5-7,9-10H2,1H3,(H,17,19);1H/t11-,14-;/m0./s1. The van der Waals surface area contributed by atoms with E-state index < -0.39 is 0 Å². The second kappa shape index (κ2) is 8.25. The molecule has 1 aliphatic rings. The largest absolute Gasteiger partial charge is 0.392 e. The Labute approximate surface area is 126 Å². The molecule has 1 heterocycles. The van der Waals surface area contributed by atoms with Crippen LogP contribution in [-0.2, 0) is 17.9 Å². The van der Waals surface area contributed by atoms with Gasteiger partial charge in [-0.25, -0.2) is 0 Å². The molecule has 2 rings (SSSR count). The summed E-state index contributed by atoms with van der Waals surface area (Å²) in [5.74, 6) is 0.264. The first-order valence-electron chi connectivity index (χ1n) is 6.89. The lowest BCUT2D eigenvalue weighted by molar-refractivity contribution is -0.126. The number of nitrogens with one attached hydrogen (secondary N) is 2. The van der Waals surface area contributed by atoms with Gasteiger partial charge in [0, 0.05) is 18.5 Å². The van der Waals surface area contributed by atoms with Crippen LogP contribution in [0.3, 0.4) is 0 Å². The van der Waals surface area contributed by atoms with Crippen LogP contribution in [0.15, 0.2) is 24.3 Å². The Morgan fingerprint density at radius 3 is 2.90 bits per heavy atom. The molecule has 0 unspecified atom stereocenters. The third-order valence-electron chi connectivity index (χ3n) is 3.64. The van der Waals surface area contributed by atoms with Gasteiger partial charge in [-0.3, -0.25) is 4.79 Å². The van der Waals surface area contributed by atoms with Gasteiger partial charge in [-0.05, 0) is 37.4 Å². The molecule has 0 aliphatic carbocycles. The number of piperidine rings is 1. The molecular formula is C15H23ClN2O2. The molecular weight excluding hydrogens is 276 g/mol. The third-order valence-corrected chi connectivity index (χ3v) is 3.64.